The summed E-state index contributed by atoms with van der Waals surface area (Å²) in [4.78, 5) is 64.8. The lowest BCUT2D eigenvalue weighted by Gasteiger charge is -2.41. The van der Waals surface area contributed by atoms with E-state index in [-0.39, 0.29) is 18.8 Å². The van der Waals surface area contributed by atoms with Crippen molar-refractivity contribution in [2.45, 2.75) is 33.0 Å². The van der Waals surface area contributed by atoms with Gasteiger partial charge >= 0.3 is 24.1 Å². The number of nitrogens with zero attached hydrogens (tertiary/aromatic N) is 4. The monoisotopic (exact) mass is 662 g/mol. The van der Waals surface area contributed by atoms with Crippen molar-refractivity contribution in [1.29, 1.82) is 0 Å². The van der Waals surface area contributed by atoms with Crippen LogP contribution >= 0.6 is 0 Å². The first-order valence-corrected chi connectivity index (χ1v) is 14.7. The Morgan fingerprint density at radius 3 is 1.96 bits per heavy atom. The van der Waals surface area contributed by atoms with E-state index in [0.717, 1.165) is 10.5 Å². The number of amides is 4. The maximum Gasteiger partial charge on any atom is 0.422 e. The number of halogens is 3. The second-order valence-electron chi connectivity index (χ2n) is 11.3. The lowest BCUT2D eigenvalue weighted by atomic mass is 9.87. The summed E-state index contributed by atoms with van der Waals surface area (Å²) in [7, 11) is 0. The molecule has 0 atom stereocenters. The fourth-order valence-electron chi connectivity index (χ4n) is 5.00. The molecule has 2 saturated heterocycles. The van der Waals surface area contributed by atoms with Gasteiger partial charge in [-0.25, -0.2) is 14.4 Å². The van der Waals surface area contributed by atoms with Crippen LogP contribution in [0.25, 0.3) is 0 Å². The van der Waals surface area contributed by atoms with Crippen molar-refractivity contribution in [1.82, 2.24) is 14.7 Å². The number of hydrogen-bond acceptors (Lipinski definition) is 8. The maximum atomic E-state index is 13.2. The van der Waals surface area contributed by atoms with Crippen LogP contribution in [0.3, 0.4) is 0 Å². The molecule has 0 bridgehead atoms. The molecule has 2 aromatic carbocycles. The number of imide groups is 2. The molecule has 2 N–H and O–H groups in total. The minimum absolute atomic E-state index is 0.0990. The number of carboxylic acids is 2. The van der Waals surface area contributed by atoms with Gasteiger partial charge in [0.25, 0.3) is 0 Å². The number of hydrogen-bond donors (Lipinski definition) is 2. The Labute approximate surface area is 269 Å². The Kier molecular flexibility index (Phi) is 12.5. The number of barbiturate groups is 1. The summed E-state index contributed by atoms with van der Waals surface area (Å²) in [6, 6.07) is 15.3. The summed E-state index contributed by atoms with van der Waals surface area (Å²) in [5.74, 6) is -3.32. The minimum atomic E-state index is -4.41. The van der Waals surface area contributed by atoms with Crippen molar-refractivity contribution >= 4 is 35.5 Å². The zero-order valence-corrected chi connectivity index (χ0v) is 26.0. The number of para-hydroxylation sites is 2. The average molecular weight is 663 g/mol. The van der Waals surface area contributed by atoms with Crippen LogP contribution in [-0.4, -0.2) is 107 Å². The van der Waals surface area contributed by atoms with Gasteiger partial charge in [-0.15, -0.1) is 0 Å². The van der Waals surface area contributed by atoms with Gasteiger partial charge in [0, 0.05) is 44.9 Å². The molecule has 4 amide bonds. The summed E-state index contributed by atoms with van der Waals surface area (Å²) in [5.41, 5.74) is 0.0828. The SMILES string of the molecule is CC1(C)C(=O)N(CCCN2CCN(c3ccccc3OCC(F)(F)F)CC2)C(=O)N(Cc2ccccc2)C1=O.O=C(O)/C=C/C(=O)O. The molecule has 2 aliphatic heterocycles. The van der Waals surface area contributed by atoms with Crippen molar-refractivity contribution in [3.8, 4) is 5.75 Å². The Balaban J connectivity index is 0.000000665. The van der Waals surface area contributed by atoms with Gasteiger partial charge in [0.2, 0.25) is 11.8 Å². The minimum Gasteiger partial charge on any atom is -0.482 e. The Bertz CT molecular complexity index is 1440. The Morgan fingerprint density at radius 1 is 0.830 bits per heavy atom. The Hall–Kier alpha value is -4.92. The first kappa shape index (κ1) is 36.5. The van der Waals surface area contributed by atoms with E-state index >= 15 is 0 Å². The van der Waals surface area contributed by atoms with E-state index in [1.54, 1.807) is 32.0 Å². The highest BCUT2D eigenvalue weighted by molar-refractivity contribution is 6.18. The number of carboxylic acid groups (broad SMARTS) is 2. The molecular formula is C32H37F3N4O8. The first-order chi connectivity index (χ1) is 22.1. The van der Waals surface area contributed by atoms with Gasteiger partial charge in [-0.05, 0) is 44.5 Å². The highest BCUT2D eigenvalue weighted by atomic mass is 19.4. The number of carbonyl (C=O) groups excluding carboxylic acids is 3. The molecule has 0 radical (unpaired) electrons. The van der Waals surface area contributed by atoms with Crippen LogP contribution in [0.1, 0.15) is 25.8 Å². The highest BCUT2D eigenvalue weighted by Crippen LogP contribution is 2.32. The fourth-order valence-corrected chi connectivity index (χ4v) is 5.00. The summed E-state index contributed by atoms with van der Waals surface area (Å²) >= 11 is 0. The van der Waals surface area contributed by atoms with Crippen molar-refractivity contribution in [3.05, 3.63) is 72.3 Å². The second kappa shape index (κ2) is 16.1. The quantitative estimate of drug-likeness (QED) is 0.269. The molecule has 4 rings (SSSR count). The van der Waals surface area contributed by atoms with Gasteiger partial charge in [-0.1, -0.05) is 42.5 Å². The van der Waals surface area contributed by atoms with Gasteiger partial charge in [0.1, 0.15) is 11.2 Å². The zero-order valence-electron chi connectivity index (χ0n) is 26.0. The van der Waals surface area contributed by atoms with E-state index in [1.807, 2.05) is 35.2 Å². The smallest absolute Gasteiger partial charge is 0.422 e. The van der Waals surface area contributed by atoms with Gasteiger partial charge in [-0.2, -0.15) is 13.2 Å². The molecule has 12 nitrogen and oxygen atoms in total. The van der Waals surface area contributed by atoms with Gasteiger partial charge < -0.3 is 19.8 Å². The van der Waals surface area contributed by atoms with Crippen LogP contribution < -0.4 is 9.64 Å². The third-order valence-electron chi connectivity index (χ3n) is 7.40. The molecule has 0 saturated carbocycles. The highest BCUT2D eigenvalue weighted by Gasteiger charge is 2.51. The lowest BCUT2D eigenvalue weighted by molar-refractivity contribution is -0.157. The zero-order chi connectivity index (χ0) is 34.8. The van der Waals surface area contributed by atoms with E-state index < -0.39 is 48.0 Å². The molecule has 254 valence electrons. The van der Waals surface area contributed by atoms with Crippen LogP contribution in [0.4, 0.5) is 23.7 Å². The number of rotatable bonds is 11. The van der Waals surface area contributed by atoms with Gasteiger partial charge in [-0.3, -0.25) is 24.3 Å². The van der Waals surface area contributed by atoms with Crippen molar-refractivity contribution in [3.63, 3.8) is 0 Å². The van der Waals surface area contributed by atoms with Crippen molar-refractivity contribution < 1.29 is 52.1 Å². The molecule has 0 spiro atoms. The normalized spacial score (nSPS) is 17.0. The molecule has 15 heteroatoms. The van der Waals surface area contributed by atoms with Crippen molar-refractivity contribution in [2.75, 3.05) is 50.8 Å². The number of ether oxygens (including phenoxy) is 1. The third-order valence-corrected chi connectivity index (χ3v) is 7.40. The molecular weight excluding hydrogens is 625 g/mol. The van der Waals surface area contributed by atoms with E-state index in [9.17, 15) is 37.1 Å². The van der Waals surface area contributed by atoms with E-state index in [0.29, 0.717) is 57.0 Å². The number of carbonyl (C=O) groups is 5. The molecule has 0 aliphatic carbocycles. The van der Waals surface area contributed by atoms with Crippen LogP contribution in [0.2, 0.25) is 0 Å². The third kappa shape index (κ3) is 10.6. The molecule has 2 heterocycles. The molecule has 0 unspecified atom stereocenters. The topological polar surface area (TPSA) is 148 Å². The predicted octanol–water partition coefficient (Wildman–Crippen LogP) is 3.87. The van der Waals surface area contributed by atoms with E-state index in [4.69, 9.17) is 14.9 Å². The maximum absolute atomic E-state index is 13.2. The molecule has 2 fully saturated rings. The van der Waals surface area contributed by atoms with Gasteiger partial charge in [0.05, 0.1) is 12.2 Å². The fraction of sp³-hybridized carbons (Fsp3) is 0.406. The number of aliphatic carboxylic acids is 2. The number of piperazine rings is 1. The number of urea groups is 1. The summed E-state index contributed by atoms with van der Waals surface area (Å²) in [6.07, 6.45) is -2.76. The second-order valence-corrected chi connectivity index (χ2v) is 11.3. The molecule has 47 heavy (non-hydrogen) atoms. The largest absolute Gasteiger partial charge is 0.482 e. The molecule has 2 aromatic rings. The average Bonchev–Trinajstić information content (AvgIpc) is 3.03. The molecule has 0 aromatic heterocycles. The lowest BCUT2D eigenvalue weighted by Crippen LogP contribution is -2.63. The van der Waals surface area contributed by atoms with Crippen LogP contribution in [0.5, 0.6) is 5.75 Å². The summed E-state index contributed by atoms with van der Waals surface area (Å²) in [6.45, 7) is 5.19. The number of alkyl halides is 3. The van der Waals surface area contributed by atoms with Crippen molar-refractivity contribution in [2.24, 2.45) is 5.41 Å². The van der Waals surface area contributed by atoms with Gasteiger partial charge in [0.15, 0.2) is 6.61 Å². The Morgan fingerprint density at radius 2 is 1.38 bits per heavy atom. The summed E-state index contributed by atoms with van der Waals surface area (Å²) < 4.78 is 42.9. The van der Waals surface area contributed by atoms with E-state index in [1.165, 1.54) is 11.0 Å². The van der Waals surface area contributed by atoms with Crippen LogP contribution in [-0.2, 0) is 25.7 Å². The number of benzene rings is 2. The first-order valence-electron chi connectivity index (χ1n) is 14.7. The standard InChI is InChI=1S/C28H33F3N4O4.C4H4O4/c1-27(2)24(36)34(26(38)35(25(27)37)19-21-9-4-3-5-10-21)14-8-13-32-15-17-33(18-16-32)22-11-6-7-12-23(22)39-20-28(29,30)31;5-3(6)1-2-4(7)8/h3-7,9-12H,8,13-20H2,1-2H3;1-2H,(H,5,6)(H,7,8)/b;2-1+. The number of anilines is 1. The summed E-state index contributed by atoms with van der Waals surface area (Å²) in [5, 5.41) is 15.6. The predicted molar refractivity (Wildman–Crippen MR) is 164 cm³/mol. The van der Waals surface area contributed by atoms with Crippen LogP contribution in [0.15, 0.2) is 66.7 Å². The van der Waals surface area contributed by atoms with E-state index in [2.05, 4.69) is 4.90 Å². The molecule has 2 aliphatic rings. The van der Waals surface area contributed by atoms with Crippen LogP contribution in [0, 0.1) is 5.41 Å².